The molecule has 0 bridgehead atoms. The molecule has 1 radical (unpaired) electrons. The Morgan fingerprint density at radius 1 is 0.234 bits per heavy atom. The Labute approximate surface area is 302 Å². The van der Waals surface area contributed by atoms with Gasteiger partial charge in [-0.2, -0.15) is 0 Å². The summed E-state index contributed by atoms with van der Waals surface area (Å²) in [6.07, 6.45) is 63.0. The van der Waals surface area contributed by atoms with Crippen LogP contribution in [0.15, 0.2) is 0 Å². The van der Waals surface area contributed by atoms with Crippen LogP contribution < -0.4 is 0 Å². The predicted molar refractivity (Wildman–Crippen MR) is 219 cm³/mol. The second-order valence-electron chi connectivity index (χ2n) is 16.2. The zero-order valence-corrected chi connectivity index (χ0v) is 33.7. The van der Waals surface area contributed by atoms with Crippen molar-refractivity contribution in [3.05, 3.63) is 6.92 Å². The van der Waals surface area contributed by atoms with E-state index in [-0.39, 0.29) is 0 Å². The molecule has 0 rings (SSSR count). The van der Waals surface area contributed by atoms with Gasteiger partial charge in [-0.15, -0.1) is 0 Å². The largest absolute Gasteiger partial charge is 0.0654 e. The molecule has 0 aliphatic carbocycles. The van der Waals surface area contributed by atoms with Gasteiger partial charge in [0.15, 0.2) is 0 Å². The highest BCUT2D eigenvalue weighted by Gasteiger charge is 2.06. The fourth-order valence-corrected chi connectivity index (χ4v) is 7.81. The lowest BCUT2D eigenvalue weighted by molar-refractivity contribution is 0.404. The van der Waals surface area contributed by atoms with E-state index in [1.165, 1.54) is 270 Å². The summed E-state index contributed by atoms with van der Waals surface area (Å²) in [4.78, 5) is 0. The van der Waals surface area contributed by atoms with Crippen LogP contribution in [0, 0.1) is 12.8 Å². The summed E-state index contributed by atoms with van der Waals surface area (Å²) in [5, 5.41) is 0. The second kappa shape index (κ2) is 44.0. The summed E-state index contributed by atoms with van der Waals surface area (Å²) >= 11 is 0. The first-order valence-electron chi connectivity index (χ1n) is 23.1. The van der Waals surface area contributed by atoms with Crippen molar-refractivity contribution in [3.63, 3.8) is 0 Å². The lowest BCUT2D eigenvalue weighted by atomic mass is 9.92. The van der Waals surface area contributed by atoms with Gasteiger partial charge in [-0.05, 0) is 5.92 Å². The molecule has 0 saturated heterocycles. The molecule has 0 spiro atoms. The normalized spacial score (nSPS) is 11.7. The number of unbranched alkanes of at least 4 members (excludes halogenated alkanes) is 38. The van der Waals surface area contributed by atoms with E-state index in [1.807, 2.05) is 0 Å². The van der Waals surface area contributed by atoms with Gasteiger partial charge in [0.05, 0.1) is 0 Å². The Morgan fingerprint density at radius 3 is 0.532 bits per heavy atom. The van der Waals surface area contributed by atoms with Crippen molar-refractivity contribution in [2.75, 3.05) is 0 Å². The third kappa shape index (κ3) is 42.1. The first-order chi connectivity index (χ1) is 23.3. The van der Waals surface area contributed by atoms with Crippen LogP contribution >= 0.6 is 0 Å². The van der Waals surface area contributed by atoms with Crippen molar-refractivity contribution in [1.29, 1.82) is 0 Å². The molecule has 0 aromatic carbocycles. The molecular weight excluding hydrogens is 565 g/mol. The molecule has 0 atom stereocenters. The number of hydrogen-bond donors (Lipinski definition) is 0. The molecule has 0 aliphatic rings. The van der Waals surface area contributed by atoms with Gasteiger partial charge in [-0.3, -0.25) is 0 Å². The van der Waals surface area contributed by atoms with E-state index in [1.54, 1.807) is 0 Å². The van der Waals surface area contributed by atoms with Gasteiger partial charge >= 0.3 is 0 Å². The van der Waals surface area contributed by atoms with E-state index in [2.05, 4.69) is 20.8 Å². The van der Waals surface area contributed by atoms with Gasteiger partial charge in [0.25, 0.3) is 0 Å². The van der Waals surface area contributed by atoms with Gasteiger partial charge in [0.1, 0.15) is 0 Å². The molecule has 0 unspecified atom stereocenters. The van der Waals surface area contributed by atoms with Crippen molar-refractivity contribution >= 4 is 0 Å². The number of rotatable bonds is 43. The minimum absolute atomic E-state index is 0.904. The zero-order chi connectivity index (χ0) is 34.0. The molecule has 0 fully saturated rings. The maximum Gasteiger partial charge on any atom is -0.0414 e. The van der Waals surface area contributed by atoms with Crippen LogP contribution in [0.1, 0.15) is 290 Å². The standard InChI is InChI=1S/C47H95/c1-4-7-9-11-13-15-17-19-21-23-25-27-29-31-33-35-37-39-41-43-45-47(6-3)46-44-42-40-38-36-34-32-30-28-26-24-22-20-18-16-14-12-10-8-5-2/h47H,3-46H2,1-2H3. The van der Waals surface area contributed by atoms with Crippen LogP contribution in [0.4, 0.5) is 0 Å². The Balaban J connectivity index is 3.23. The molecule has 0 saturated carbocycles. The van der Waals surface area contributed by atoms with Crippen LogP contribution in [-0.2, 0) is 0 Å². The molecule has 0 aliphatic heterocycles. The van der Waals surface area contributed by atoms with Crippen LogP contribution in [0.5, 0.6) is 0 Å². The first-order valence-corrected chi connectivity index (χ1v) is 23.1. The van der Waals surface area contributed by atoms with E-state index in [0.717, 1.165) is 12.3 Å². The minimum atomic E-state index is 0.904. The maximum absolute atomic E-state index is 4.29. The highest BCUT2D eigenvalue weighted by Crippen LogP contribution is 2.22. The third-order valence-electron chi connectivity index (χ3n) is 11.3. The summed E-state index contributed by atoms with van der Waals surface area (Å²) in [6.45, 7) is 8.91. The molecular formula is C47H95. The summed E-state index contributed by atoms with van der Waals surface area (Å²) < 4.78 is 0. The van der Waals surface area contributed by atoms with Crippen LogP contribution in [-0.4, -0.2) is 0 Å². The van der Waals surface area contributed by atoms with Gasteiger partial charge in [-0.1, -0.05) is 297 Å². The monoisotopic (exact) mass is 660 g/mol. The van der Waals surface area contributed by atoms with Crippen LogP contribution in [0.25, 0.3) is 0 Å². The molecule has 0 heteroatoms. The molecule has 47 heavy (non-hydrogen) atoms. The Hall–Kier alpha value is 0. The van der Waals surface area contributed by atoms with E-state index in [4.69, 9.17) is 0 Å². The summed E-state index contributed by atoms with van der Waals surface area (Å²) in [5.41, 5.74) is 0. The van der Waals surface area contributed by atoms with Crippen molar-refractivity contribution in [1.82, 2.24) is 0 Å². The summed E-state index contributed by atoms with van der Waals surface area (Å²) in [6, 6.07) is 0. The maximum atomic E-state index is 4.29. The van der Waals surface area contributed by atoms with Gasteiger partial charge < -0.3 is 0 Å². The highest BCUT2D eigenvalue weighted by atomic mass is 14.1. The summed E-state index contributed by atoms with van der Waals surface area (Å²) in [5.74, 6) is 0.904. The Bertz CT molecular complexity index is 464. The zero-order valence-electron chi connectivity index (χ0n) is 33.7. The van der Waals surface area contributed by atoms with E-state index in [9.17, 15) is 0 Å². The Morgan fingerprint density at radius 2 is 0.383 bits per heavy atom. The molecule has 0 aromatic rings. The van der Waals surface area contributed by atoms with Gasteiger partial charge in [0, 0.05) is 0 Å². The van der Waals surface area contributed by atoms with Crippen molar-refractivity contribution < 1.29 is 0 Å². The molecule has 0 amide bonds. The Kier molecular flexibility index (Phi) is 44.0. The first kappa shape index (κ1) is 47.0. The van der Waals surface area contributed by atoms with Crippen LogP contribution in [0.2, 0.25) is 0 Å². The third-order valence-corrected chi connectivity index (χ3v) is 11.3. The summed E-state index contributed by atoms with van der Waals surface area (Å²) in [7, 11) is 0. The lowest BCUT2D eigenvalue weighted by Gasteiger charge is -2.14. The van der Waals surface area contributed by atoms with Crippen molar-refractivity contribution in [3.8, 4) is 0 Å². The second-order valence-corrected chi connectivity index (χ2v) is 16.2. The molecule has 0 heterocycles. The van der Waals surface area contributed by atoms with Gasteiger partial charge in [0.2, 0.25) is 0 Å². The predicted octanol–water partition coefficient (Wildman–Crippen LogP) is 18.3. The fourth-order valence-electron chi connectivity index (χ4n) is 7.81. The quantitative estimate of drug-likeness (QED) is 0.0571. The average Bonchev–Trinajstić information content (AvgIpc) is 3.09. The molecule has 0 N–H and O–H groups in total. The van der Waals surface area contributed by atoms with E-state index in [0.29, 0.717) is 0 Å². The van der Waals surface area contributed by atoms with Crippen molar-refractivity contribution in [2.24, 2.45) is 5.92 Å². The molecule has 0 aromatic heterocycles. The lowest BCUT2D eigenvalue weighted by Crippen LogP contribution is -1.99. The SMILES string of the molecule is [CH2]CC(CCCCCCCCCCCCCCCCCCCCCC)CCCCCCCCCCCCCCCCCCCCCC. The van der Waals surface area contributed by atoms with Crippen LogP contribution in [0.3, 0.4) is 0 Å². The van der Waals surface area contributed by atoms with E-state index >= 15 is 0 Å². The smallest absolute Gasteiger partial charge is 0.0414 e. The fraction of sp³-hybridized carbons (Fsp3) is 0.979. The van der Waals surface area contributed by atoms with E-state index < -0.39 is 0 Å². The van der Waals surface area contributed by atoms with Crippen molar-refractivity contribution in [2.45, 2.75) is 290 Å². The number of hydrogen-bond acceptors (Lipinski definition) is 0. The highest BCUT2D eigenvalue weighted by molar-refractivity contribution is 4.62. The molecule has 283 valence electrons. The van der Waals surface area contributed by atoms with Gasteiger partial charge in [-0.25, -0.2) is 0 Å². The minimum Gasteiger partial charge on any atom is -0.0654 e. The molecule has 0 nitrogen and oxygen atoms in total. The topological polar surface area (TPSA) is 0 Å². The average molecular weight is 660 g/mol.